The monoisotopic (exact) mass is 538 g/mol. The number of rotatable bonds is 12. The van der Waals surface area contributed by atoms with E-state index in [2.05, 4.69) is 60.4 Å². The van der Waals surface area contributed by atoms with Gasteiger partial charge in [-0.2, -0.15) is 0 Å². The number of nitrogens with zero attached hydrogens (tertiary/aromatic N) is 4. The Morgan fingerprint density at radius 3 is 2.61 bits per heavy atom. The summed E-state index contributed by atoms with van der Waals surface area (Å²) < 4.78 is 13.7. The van der Waals surface area contributed by atoms with E-state index in [1.165, 1.54) is 0 Å². The molecule has 9 nitrogen and oxygen atoms in total. The number of aromatic nitrogens is 2. The molecular formula is C28H42N6O3Si. The lowest BCUT2D eigenvalue weighted by atomic mass is 10.0. The predicted molar refractivity (Wildman–Crippen MR) is 157 cm³/mol. The Bertz CT molecular complexity index is 1230. The number of amides is 2. The first-order valence-electron chi connectivity index (χ1n) is 13.3. The lowest BCUT2D eigenvalue weighted by Crippen LogP contribution is -2.60. The Morgan fingerprint density at radius 2 is 1.89 bits per heavy atom. The van der Waals surface area contributed by atoms with Crippen LogP contribution in [0.4, 0.5) is 10.6 Å². The molecule has 3 aromatic rings. The first kappa shape index (κ1) is 28.1. The highest BCUT2D eigenvalue weighted by atomic mass is 28.3. The summed E-state index contributed by atoms with van der Waals surface area (Å²) in [7, 11) is 4.63. The molecule has 10 heteroatoms. The molecule has 4 rings (SSSR count). The van der Waals surface area contributed by atoms with Crippen LogP contribution in [-0.2, 0) is 11.5 Å². The highest BCUT2D eigenvalue weighted by Crippen LogP contribution is 2.36. The standard InChI is InChI=1S/C28H42N6O3Si/c1-32(2)13-14-33-17-21(18-33)29-28(35)31-26-12-11-23-24(22-9-7-8-10-25(22)36-3)19-34(27(23)30-26)20-37-15-16-38(4,5)6/h7-12,19,21H,13-18,20H2,1-6H3,(H2,29,30,31,35). The van der Waals surface area contributed by atoms with Crippen molar-refractivity contribution < 1.29 is 14.3 Å². The van der Waals surface area contributed by atoms with Gasteiger partial charge < -0.3 is 24.3 Å². The number of likely N-dealkylation sites (tertiary alicyclic amines) is 1. The first-order chi connectivity index (χ1) is 18.1. The molecule has 0 atom stereocenters. The summed E-state index contributed by atoms with van der Waals surface area (Å²) in [5.74, 6) is 1.31. The molecule has 2 amide bonds. The van der Waals surface area contributed by atoms with Crippen LogP contribution in [0.1, 0.15) is 0 Å². The lowest BCUT2D eigenvalue weighted by Gasteiger charge is -2.39. The number of fused-ring (bicyclic) bond motifs is 1. The molecule has 2 N–H and O–H groups in total. The van der Waals surface area contributed by atoms with E-state index in [1.54, 1.807) is 7.11 Å². The fraction of sp³-hybridized carbons (Fsp3) is 0.500. The molecule has 3 heterocycles. The van der Waals surface area contributed by atoms with Crippen LogP contribution in [0.15, 0.2) is 42.6 Å². The Kier molecular flexibility index (Phi) is 9.09. The average molecular weight is 539 g/mol. The zero-order valence-electron chi connectivity index (χ0n) is 23.6. The van der Waals surface area contributed by atoms with E-state index in [9.17, 15) is 4.79 Å². The number of hydrogen-bond acceptors (Lipinski definition) is 6. The highest BCUT2D eigenvalue weighted by Gasteiger charge is 2.27. The minimum atomic E-state index is -1.19. The molecule has 0 saturated carbocycles. The lowest BCUT2D eigenvalue weighted by molar-refractivity contribution is 0.0899. The highest BCUT2D eigenvalue weighted by molar-refractivity contribution is 6.76. The first-order valence-corrected chi connectivity index (χ1v) is 17.0. The molecule has 0 unspecified atom stereocenters. The van der Waals surface area contributed by atoms with Crippen LogP contribution >= 0.6 is 0 Å². The van der Waals surface area contributed by atoms with Crippen molar-refractivity contribution in [2.45, 2.75) is 38.5 Å². The van der Waals surface area contributed by atoms with E-state index in [0.29, 0.717) is 19.2 Å². The van der Waals surface area contributed by atoms with Gasteiger partial charge in [0.25, 0.3) is 0 Å². The van der Waals surface area contributed by atoms with Crippen LogP contribution in [-0.4, -0.2) is 93.5 Å². The third kappa shape index (κ3) is 7.34. The van der Waals surface area contributed by atoms with Crippen LogP contribution in [0.3, 0.4) is 0 Å². The second kappa shape index (κ2) is 12.3. The number of pyridine rings is 1. The van der Waals surface area contributed by atoms with Crippen LogP contribution in [0, 0.1) is 0 Å². The Hall–Kier alpha value is -2.92. The van der Waals surface area contributed by atoms with Gasteiger partial charge in [0.2, 0.25) is 0 Å². The zero-order chi connectivity index (χ0) is 27.3. The van der Waals surface area contributed by atoms with Crippen molar-refractivity contribution in [1.29, 1.82) is 0 Å². The van der Waals surface area contributed by atoms with E-state index in [-0.39, 0.29) is 12.1 Å². The van der Waals surface area contributed by atoms with Crippen LogP contribution in [0.25, 0.3) is 22.2 Å². The SMILES string of the molecule is COc1ccccc1-c1cn(COCC[Si](C)(C)C)c2nc(NC(=O)NC3CN(CCN(C)C)C3)ccc12. The molecule has 1 aromatic carbocycles. The van der Waals surface area contributed by atoms with Gasteiger partial charge in [-0.1, -0.05) is 37.8 Å². The third-order valence-corrected chi connectivity index (χ3v) is 8.45. The summed E-state index contributed by atoms with van der Waals surface area (Å²) in [5, 5.41) is 6.96. The molecule has 1 aliphatic rings. The number of carbonyl (C=O) groups is 1. The number of para-hydroxylation sites is 1. The predicted octanol–water partition coefficient (Wildman–Crippen LogP) is 4.39. The summed E-state index contributed by atoms with van der Waals surface area (Å²) in [6, 6.07) is 12.8. The Labute approximate surface area is 227 Å². The van der Waals surface area contributed by atoms with E-state index in [4.69, 9.17) is 14.5 Å². The number of benzene rings is 1. The maximum atomic E-state index is 12.7. The van der Waals surface area contributed by atoms with Crippen molar-refractivity contribution in [3.05, 3.63) is 42.6 Å². The van der Waals surface area contributed by atoms with Crippen molar-refractivity contribution in [2.24, 2.45) is 0 Å². The fourth-order valence-corrected chi connectivity index (χ4v) is 5.23. The van der Waals surface area contributed by atoms with Gasteiger partial charge in [-0.3, -0.25) is 10.2 Å². The van der Waals surface area contributed by atoms with Crippen molar-refractivity contribution >= 4 is 31.0 Å². The van der Waals surface area contributed by atoms with Crippen LogP contribution < -0.4 is 15.4 Å². The number of methoxy groups -OCH3 is 1. The Balaban J connectivity index is 1.49. The van der Waals surface area contributed by atoms with Crippen molar-refractivity contribution in [1.82, 2.24) is 24.7 Å². The molecule has 0 radical (unpaired) electrons. The molecule has 1 fully saturated rings. The van der Waals surface area contributed by atoms with Crippen molar-refractivity contribution in [2.75, 3.05) is 59.3 Å². The molecular weight excluding hydrogens is 496 g/mol. The number of ether oxygens (including phenoxy) is 2. The third-order valence-electron chi connectivity index (χ3n) is 6.74. The average Bonchev–Trinajstić information content (AvgIpc) is 3.20. The molecule has 1 aliphatic heterocycles. The minimum Gasteiger partial charge on any atom is -0.496 e. The normalized spacial score (nSPS) is 14.6. The van der Waals surface area contributed by atoms with E-state index < -0.39 is 8.07 Å². The zero-order valence-corrected chi connectivity index (χ0v) is 24.6. The molecule has 0 spiro atoms. The maximum absolute atomic E-state index is 12.7. The summed E-state index contributed by atoms with van der Waals surface area (Å²) in [6.45, 7) is 11.9. The Morgan fingerprint density at radius 1 is 1.13 bits per heavy atom. The number of likely N-dealkylation sites (N-methyl/N-ethyl adjacent to an activating group) is 1. The summed E-state index contributed by atoms with van der Waals surface area (Å²) in [4.78, 5) is 22.0. The van der Waals surface area contributed by atoms with Crippen LogP contribution in [0.5, 0.6) is 5.75 Å². The topological polar surface area (TPSA) is 83.9 Å². The summed E-state index contributed by atoms with van der Waals surface area (Å²) in [5.41, 5.74) is 2.77. The summed E-state index contributed by atoms with van der Waals surface area (Å²) in [6.07, 6.45) is 2.06. The van der Waals surface area contributed by atoms with Gasteiger partial charge in [0.05, 0.1) is 13.2 Å². The molecule has 206 valence electrons. The van der Waals surface area contributed by atoms with E-state index in [1.807, 2.05) is 41.0 Å². The fourth-order valence-electron chi connectivity index (χ4n) is 4.48. The van der Waals surface area contributed by atoms with Crippen molar-refractivity contribution in [3.8, 4) is 16.9 Å². The van der Waals surface area contributed by atoms with E-state index >= 15 is 0 Å². The van der Waals surface area contributed by atoms with Crippen LogP contribution in [0.2, 0.25) is 25.7 Å². The quantitative estimate of drug-likeness (QED) is 0.263. The maximum Gasteiger partial charge on any atom is 0.320 e. The number of carbonyl (C=O) groups excluding carboxylic acids is 1. The van der Waals surface area contributed by atoms with E-state index in [0.717, 1.165) is 60.1 Å². The van der Waals surface area contributed by atoms with Gasteiger partial charge >= 0.3 is 6.03 Å². The largest absolute Gasteiger partial charge is 0.496 e. The molecule has 1 saturated heterocycles. The number of anilines is 1. The van der Waals surface area contributed by atoms with Gasteiger partial charge in [-0.15, -0.1) is 0 Å². The number of urea groups is 1. The summed E-state index contributed by atoms with van der Waals surface area (Å²) >= 11 is 0. The van der Waals surface area contributed by atoms with Gasteiger partial charge in [-0.05, 0) is 38.3 Å². The second-order valence-corrected chi connectivity index (χ2v) is 17.1. The molecule has 38 heavy (non-hydrogen) atoms. The minimum absolute atomic E-state index is 0.154. The molecule has 0 aliphatic carbocycles. The number of nitrogens with one attached hydrogen (secondary N) is 2. The van der Waals surface area contributed by atoms with Gasteiger partial charge in [0.15, 0.2) is 0 Å². The van der Waals surface area contributed by atoms with Gasteiger partial charge in [-0.25, -0.2) is 9.78 Å². The smallest absolute Gasteiger partial charge is 0.320 e. The molecule has 2 aromatic heterocycles. The molecule has 0 bridgehead atoms. The second-order valence-electron chi connectivity index (χ2n) is 11.5. The van der Waals surface area contributed by atoms with Gasteiger partial charge in [0.1, 0.15) is 23.9 Å². The van der Waals surface area contributed by atoms with Crippen molar-refractivity contribution in [3.63, 3.8) is 0 Å². The number of hydrogen-bond donors (Lipinski definition) is 2. The van der Waals surface area contributed by atoms with Gasteiger partial charge in [0, 0.05) is 63.6 Å².